The third-order valence-corrected chi connectivity index (χ3v) is 2.99. The predicted octanol–water partition coefficient (Wildman–Crippen LogP) is 4.67. The average molecular weight is 217 g/mol. The lowest BCUT2D eigenvalue weighted by Gasteiger charge is -2.14. The zero-order chi connectivity index (χ0) is 12.1. The molecular weight excluding hydrogens is 194 g/mol. The summed E-state index contributed by atoms with van der Waals surface area (Å²) in [5.41, 5.74) is 4.56. The molecule has 0 aliphatic heterocycles. The van der Waals surface area contributed by atoms with Crippen LogP contribution in [0.4, 0.5) is 0 Å². The normalized spacial score (nSPS) is 16.4. The number of rotatable bonds is 4. The van der Waals surface area contributed by atoms with Gasteiger partial charge in [-0.1, -0.05) is 37.6 Å². The van der Waals surface area contributed by atoms with E-state index in [-0.39, 0.29) is 0 Å². The van der Waals surface area contributed by atoms with Gasteiger partial charge in [0.25, 0.3) is 0 Å². The van der Waals surface area contributed by atoms with E-state index in [0.717, 1.165) is 18.8 Å². The van der Waals surface area contributed by atoms with Crippen LogP contribution in [0.25, 0.3) is 0 Å². The molecule has 0 aromatic carbocycles. The number of hydrogen-bond acceptors (Lipinski definition) is 1. The molecule has 1 N–H and O–H groups in total. The molecule has 1 rings (SSSR count). The fourth-order valence-electron chi connectivity index (χ4n) is 2.14. The highest BCUT2D eigenvalue weighted by molar-refractivity contribution is 6.00. The highest BCUT2D eigenvalue weighted by Crippen LogP contribution is 2.26. The minimum Gasteiger partial charge on any atom is -0.305 e. The van der Waals surface area contributed by atoms with E-state index in [4.69, 9.17) is 5.41 Å². The molecule has 0 aromatic rings. The molecule has 0 atom stereocenters. The highest BCUT2D eigenvalue weighted by Gasteiger charge is 2.12. The van der Waals surface area contributed by atoms with Crippen LogP contribution in [-0.4, -0.2) is 5.71 Å². The lowest BCUT2D eigenvalue weighted by atomic mass is 9.91. The molecule has 16 heavy (non-hydrogen) atoms. The Bertz CT molecular complexity index is 354. The smallest absolute Gasteiger partial charge is 0.0357 e. The van der Waals surface area contributed by atoms with Crippen molar-refractivity contribution >= 4 is 5.71 Å². The van der Waals surface area contributed by atoms with Crippen LogP contribution in [0.5, 0.6) is 0 Å². The van der Waals surface area contributed by atoms with E-state index < -0.39 is 0 Å². The molecule has 0 aromatic heterocycles. The number of allylic oxidation sites excluding steroid dienone is 6. The van der Waals surface area contributed by atoms with Gasteiger partial charge in [0.1, 0.15) is 0 Å². The van der Waals surface area contributed by atoms with Crippen molar-refractivity contribution in [3.63, 3.8) is 0 Å². The Morgan fingerprint density at radius 3 is 2.69 bits per heavy atom. The van der Waals surface area contributed by atoms with Gasteiger partial charge in [-0.05, 0) is 50.2 Å². The van der Waals surface area contributed by atoms with Crippen molar-refractivity contribution < 1.29 is 0 Å². The van der Waals surface area contributed by atoms with Crippen molar-refractivity contribution in [3.8, 4) is 0 Å². The van der Waals surface area contributed by atoms with Crippen LogP contribution in [0.15, 0.2) is 34.9 Å². The van der Waals surface area contributed by atoms with Crippen LogP contribution >= 0.6 is 0 Å². The van der Waals surface area contributed by atoms with Crippen LogP contribution in [0, 0.1) is 11.3 Å². The van der Waals surface area contributed by atoms with E-state index in [0.29, 0.717) is 5.71 Å². The lowest BCUT2D eigenvalue weighted by Crippen LogP contribution is -2.03. The molecule has 0 saturated heterocycles. The van der Waals surface area contributed by atoms with Gasteiger partial charge < -0.3 is 5.41 Å². The minimum atomic E-state index is 0.705. The van der Waals surface area contributed by atoms with E-state index in [1.54, 1.807) is 0 Å². The van der Waals surface area contributed by atoms with E-state index >= 15 is 0 Å². The highest BCUT2D eigenvalue weighted by atomic mass is 14.4. The summed E-state index contributed by atoms with van der Waals surface area (Å²) in [4.78, 5) is 0. The zero-order valence-electron chi connectivity index (χ0n) is 10.9. The van der Waals surface area contributed by atoms with Crippen molar-refractivity contribution in [2.45, 2.75) is 47.0 Å². The number of hydrogen-bond donors (Lipinski definition) is 1. The minimum absolute atomic E-state index is 0.705. The molecule has 0 radical (unpaired) electrons. The summed E-state index contributed by atoms with van der Waals surface area (Å²) in [6.45, 7) is 8.52. The van der Waals surface area contributed by atoms with Crippen LogP contribution in [0.3, 0.4) is 0 Å². The van der Waals surface area contributed by atoms with Gasteiger partial charge in [0.15, 0.2) is 0 Å². The first-order valence-electron chi connectivity index (χ1n) is 6.13. The fraction of sp³-hybridized carbons (Fsp3) is 0.533. The zero-order valence-corrected chi connectivity index (χ0v) is 10.9. The van der Waals surface area contributed by atoms with Crippen molar-refractivity contribution in [3.05, 3.63) is 34.9 Å². The molecule has 1 nitrogen and oxygen atoms in total. The molecule has 0 saturated carbocycles. The Hall–Kier alpha value is -1.11. The van der Waals surface area contributed by atoms with Gasteiger partial charge in [-0.25, -0.2) is 0 Å². The van der Waals surface area contributed by atoms with Gasteiger partial charge in [0.2, 0.25) is 0 Å². The maximum absolute atomic E-state index is 7.91. The van der Waals surface area contributed by atoms with Crippen LogP contribution in [0.2, 0.25) is 0 Å². The van der Waals surface area contributed by atoms with Crippen LogP contribution in [0.1, 0.15) is 47.0 Å². The van der Waals surface area contributed by atoms with Gasteiger partial charge in [-0.15, -0.1) is 0 Å². The van der Waals surface area contributed by atoms with Gasteiger partial charge in [0.05, 0.1) is 0 Å². The van der Waals surface area contributed by atoms with Gasteiger partial charge >= 0.3 is 0 Å². The van der Waals surface area contributed by atoms with E-state index in [9.17, 15) is 0 Å². The number of nitrogens with one attached hydrogen (secondary N) is 1. The van der Waals surface area contributed by atoms with Crippen molar-refractivity contribution in [2.75, 3.05) is 0 Å². The molecular formula is C15H23N. The van der Waals surface area contributed by atoms with Gasteiger partial charge in [-0.3, -0.25) is 0 Å². The second-order valence-corrected chi connectivity index (χ2v) is 5.02. The van der Waals surface area contributed by atoms with Gasteiger partial charge in [-0.2, -0.15) is 0 Å². The Morgan fingerprint density at radius 2 is 2.12 bits per heavy atom. The first-order chi connectivity index (χ1) is 7.52. The summed E-state index contributed by atoms with van der Waals surface area (Å²) in [6.07, 6.45) is 9.78. The van der Waals surface area contributed by atoms with Crippen LogP contribution < -0.4 is 0 Å². The Morgan fingerprint density at radius 1 is 1.44 bits per heavy atom. The fourth-order valence-corrected chi connectivity index (χ4v) is 2.14. The SMILES string of the molecule is CC(=N)C1=C(CCC(C)C)CC=CC=C1C. The van der Waals surface area contributed by atoms with Crippen molar-refractivity contribution in [1.29, 1.82) is 5.41 Å². The molecule has 0 bridgehead atoms. The lowest BCUT2D eigenvalue weighted by molar-refractivity contribution is 0.581. The maximum atomic E-state index is 7.91. The van der Waals surface area contributed by atoms with Crippen molar-refractivity contribution in [2.24, 2.45) is 5.92 Å². The molecule has 0 fully saturated rings. The summed E-state index contributed by atoms with van der Waals surface area (Å²) >= 11 is 0. The average Bonchev–Trinajstić information content (AvgIpc) is 2.36. The molecule has 0 spiro atoms. The Balaban J connectivity index is 2.96. The molecule has 1 aliphatic rings. The molecule has 88 valence electrons. The first kappa shape index (κ1) is 13.0. The standard InChI is InChI=1S/C15H23N/c1-11(2)9-10-14-8-6-5-7-12(3)15(14)13(4)16/h5-7,11,16H,8-10H2,1-4H3. The summed E-state index contributed by atoms with van der Waals surface area (Å²) < 4.78 is 0. The maximum Gasteiger partial charge on any atom is 0.0357 e. The first-order valence-corrected chi connectivity index (χ1v) is 6.13. The monoisotopic (exact) mass is 217 g/mol. The molecule has 0 amide bonds. The largest absolute Gasteiger partial charge is 0.305 e. The predicted molar refractivity (Wildman–Crippen MR) is 72.0 cm³/mol. The molecule has 1 heteroatoms. The quantitative estimate of drug-likeness (QED) is 0.662. The van der Waals surface area contributed by atoms with E-state index in [2.05, 4.69) is 39.0 Å². The third-order valence-electron chi connectivity index (χ3n) is 2.99. The second kappa shape index (κ2) is 5.83. The third kappa shape index (κ3) is 3.48. The van der Waals surface area contributed by atoms with E-state index in [1.807, 2.05) is 6.92 Å². The van der Waals surface area contributed by atoms with Gasteiger partial charge in [0, 0.05) is 5.71 Å². The Kier molecular flexibility index (Phi) is 4.72. The molecule has 0 unspecified atom stereocenters. The summed E-state index contributed by atoms with van der Waals surface area (Å²) in [6, 6.07) is 0. The second-order valence-electron chi connectivity index (χ2n) is 5.02. The van der Waals surface area contributed by atoms with Crippen molar-refractivity contribution in [1.82, 2.24) is 0 Å². The summed E-state index contributed by atoms with van der Waals surface area (Å²) in [5, 5.41) is 7.91. The molecule has 1 aliphatic carbocycles. The Labute approximate surface area is 99.5 Å². The summed E-state index contributed by atoms with van der Waals surface area (Å²) in [7, 11) is 0. The van der Waals surface area contributed by atoms with E-state index in [1.165, 1.54) is 23.1 Å². The van der Waals surface area contributed by atoms with Crippen LogP contribution in [-0.2, 0) is 0 Å². The topological polar surface area (TPSA) is 23.9 Å². The molecule has 0 heterocycles. The summed E-state index contributed by atoms with van der Waals surface area (Å²) in [5.74, 6) is 0.733.